The zero-order valence-corrected chi connectivity index (χ0v) is 16.6. The fraction of sp³-hybridized carbons (Fsp3) is 0.333. The highest BCUT2D eigenvalue weighted by atomic mass is 32.1. The molecule has 2 bridgehead atoms. The minimum absolute atomic E-state index is 0.482. The maximum absolute atomic E-state index is 4.57. The maximum atomic E-state index is 4.57. The number of aromatic nitrogens is 5. The van der Waals surface area contributed by atoms with E-state index in [2.05, 4.69) is 37.0 Å². The van der Waals surface area contributed by atoms with Gasteiger partial charge in [-0.1, -0.05) is 0 Å². The predicted molar refractivity (Wildman–Crippen MR) is 114 cm³/mol. The third-order valence-electron chi connectivity index (χ3n) is 5.98. The molecule has 2 aliphatic heterocycles. The van der Waals surface area contributed by atoms with E-state index >= 15 is 0 Å². The van der Waals surface area contributed by atoms with E-state index in [-0.39, 0.29) is 0 Å². The van der Waals surface area contributed by atoms with E-state index in [0.29, 0.717) is 18.1 Å². The fourth-order valence-corrected chi connectivity index (χ4v) is 5.50. The highest BCUT2D eigenvalue weighted by molar-refractivity contribution is 7.17. The van der Waals surface area contributed by atoms with Gasteiger partial charge >= 0.3 is 0 Å². The van der Waals surface area contributed by atoms with Crippen molar-refractivity contribution < 1.29 is 0 Å². The second-order valence-corrected chi connectivity index (χ2v) is 8.72. The Bertz CT molecular complexity index is 1120. The molecule has 2 atom stereocenters. The lowest BCUT2D eigenvalue weighted by Crippen LogP contribution is -2.43. The molecule has 0 amide bonds. The van der Waals surface area contributed by atoms with E-state index in [1.54, 1.807) is 17.5 Å². The van der Waals surface area contributed by atoms with Crippen molar-refractivity contribution in [2.45, 2.75) is 43.8 Å². The highest BCUT2D eigenvalue weighted by Gasteiger charge is 2.33. The Morgan fingerprint density at radius 3 is 2.72 bits per heavy atom. The molecule has 1 aromatic carbocycles. The summed E-state index contributed by atoms with van der Waals surface area (Å²) < 4.78 is 2.94. The molecule has 4 aromatic rings. The van der Waals surface area contributed by atoms with Crippen molar-refractivity contribution in [3.8, 4) is 16.9 Å². The summed E-state index contributed by atoms with van der Waals surface area (Å²) in [7, 11) is 0. The monoisotopic (exact) mass is 403 g/mol. The van der Waals surface area contributed by atoms with E-state index in [4.69, 9.17) is 0 Å². The van der Waals surface area contributed by atoms with Gasteiger partial charge in [-0.25, -0.2) is 9.67 Å². The number of fused-ring (bicyclic) bond motifs is 3. The molecule has 0 spiro atoms. The molecule has 2 N–H and O–H groups in total. The molecule has 2 aliphatic rings. The van der Waals surface area contributed by atoms with Crippen molar-refractivity contribution in [3.05, 3.63) is 48.2 Å². The van der Waals surface area contributed by atoms with Gasteiger partial charge in [0.1, 0.15) is 11.3 Å². The predicted octanol–water partition coefficient (Wildman–Crippen LogP) is 3.63. The Morgan fingerprint density at radius 1 is 1.07 bits per heavy atom. The van der Waals surface area contributed by atoms with Gasteiger partial charge < -0.3 is 10.6 Å². The molecule has 6 rings (SSSR count). The third kappa shape index (κ3) is 3.08. The minimum atomic E-state index is 0.482. The Kier molecular flexibility index (Phi) is 4.05. The van der Waals surface area contributed by atoms with Crippen LogP contribution in [0.3, 0.4) is 0 Å². The molecular weight excluding hydrogens is 382 g/mol. The van der Waals surface area contributed by atoms with Gasteiger partial charge in [-0.05, 0) is 56.0 Å². The average molecular weight is 404 g/mol. The zero-order valence-electron chi connectivity index (χ0n) is 15.8. The number of thiazole rings is 1. The van der Waals surface area contributed by atoms with Gasteiger partial charge in [0.25, 0.3) is 0 Å². The summed E-state index contributed by atoms with van der Waals surface area (Å²) in [6.07, 6.45) is 8.63. The van der Waals surface area contributed by atoms with Crippen LogP contribution in [0.5, 0.6) is 0 Å². The van der Waals surface area contributed by atoms with Crippen molar-refractivity contribution in [3.63, 3.8) is 0 Å². The van der Waals surface area contributed by atoms with Gasteiger partial charge in [0.15, 0.2) is 0 Å². The van der Waals surface area contributed by atoms with Crippen molar-refractivity contribution in [1.82, 2.24) is 30.3 Å². The first kappa shape index (κ1) is 17.1. The summed E-state index contributed by atoms with van der Waals surface area (Å²) >= 11 is 1.62. The molecule has 5 heterocycles. The second-order valence-electron chi connectivity index (χ2n) is 7.87. The molecular formula is C21H21N7S. The fourth-order valence-electron chi connectivity index (χ4n) is 4.67. The van der Waals surface area contributed by atoms with Crippen LogP contribution in [0.15, 0.2) is 48.2 Å². The van der Waals surface area contributed by atoms with E-state index in [1.165, 1.54) is 12.8 Å². The molecule has 29 heavy (non-hydrogen) atoms. The molecule has 8 heteroatoms. The molecule has 2 unspecified atom stereocenters. The Morgan fingerprint density at radius 2 is 1.97 bits per heavy atom. The summed E-state index contributed by atoms with van der Waals surface area (Å²) in [5, 5.41) is 20.6. The van der Waals surface area contributed by atoms with Crippen LogP contribution in [-0.2, 0) is 0 Å². The largest absolute Gasteiger partial charge is 0.366 e. The van der Waals surface area contributed by atoms with Crippen molar-refractivity contribution in [2.75, 3.05) is 5.32 Å². The number of anilines is 1. The van der Waals surface area contributed by atoms with Crippen LogP contribution in [0.2, 0.25) is 0 Å². The van der Waals surface area contributed by atoms with Gasteiger partial charge in [-0.3, -0.25) is 0 Å². The summed E-state index contributed by atoms with van der Waals surface area (Å²) in [6.45, 7) is 0. The number of hydrogen-bond acceptors (Lipinski definition) is 7. The standard InChI is InChI=1S/C21H21N7S/c1-8-23-28(9-1)18-6-4-16(21-20(18)22-12-29-21)17-5-7-19(27-26-17)25-15-10-13-2-3-14(11-15)24-13/h1,4-9,12-15,24H,2-3,10-11H2,(H,25,27). The van der Waals surface area contributed by atoms with E-state index in [0.717, 1.165) is 45.8 Å². The topological polar surface area (TPSA) is 80.5 Å². The molecule has 2 fully saturated rings. The summed E-state index contributed by atoms with van der Waals surface area (Å²) in [4.78, 5) is 4.57. The Balaban J connectivity index is 1.27. The molecule has 2 saturated heterocycles. The number of rotatable bonds is 4. The van der Waals surface area contributed by atoms with E-state index in [1.807, 2.05) is 40.7 Å². The average Bonchev–Trinajstić information content (AvgIpc) is 3.49. The molecule has 3 aromatic heterocycles. The summed E-state index contributed by atoms with van der Waals surface area (Å²) in [6, 6.07) is 11.9. The molecule has 0 radical (unpaired) electrons. The van der Waals surface area contributed by atoms with E-state index < -0.39 is 0 Å². The van der Waals surface area contributed by atoms with Crippen LogP contribution >= 0.6 is 11.3 Å². The lowest BCUT2D eigenvalue weighted by Gasteiger charge is -2.29. The summed E-state index contributed by atoms with van der Waals surface area (Å²) in [5.41, 5.74) is 5.70. The lowest BCUT2D eigenvalue weighted by molar-refractivity contribution is 0.377. The SMILES string of the molecule is c1cnn(-c2ccc(-c3ccc(NC4CC5CCC(C4)N5)nn3)c3scnc23)c1. The smallest absolute Gasteiger partial charge is 0.148 e. The lowest BCUT2D eigenvalue weighted by atomic mass is 10.00. The molecule has 0 saturated carbocycles. The highest BCUT2D eigenvalue weighted by Crippen LogP contribution is 2.34. The van der Waals surface area contributed by atoms with Crippen LogP contribution in [0.4, 0.5) is 5.82 Å². The van der Waals surface area contributed by atoms with Crippen LogP contribution in [0, 0.1) is 0 Å². The van der Waals surface area contributed by atoms with Crippen LogP contribution in [0.25, 0.3) is 27.2 Å². The quantitative estimate of drug-likeness (QED) is 0.542. The summed E-state index contributed by atoms with van der Waals surface area (Å²) in [5.74, 6) is 0.855. The Hall–Kier alpha value is -2.84. The number of nitrogens with one attached hydrogen (secondary N) is 2. The molecule has 7 nitrogen and oxygen atoms in total. The van der Waals surface area contributed by atoms with Gasteiger partial charge in [0.05, 0.1) is 21.6 Å². The maximum Gasteiger partial charge on any atom is 0.148 e. The Labute approximate surface area is 172 Å². The van der Waals surface area contributed by atoms with E-state index in [9.17, 15) is 0 Å². The number of nitrogens with zero attached hydrogens (tertiary/aromatic N) is 5. The van der Waals surface area contributed by atoms with Gasteiger partial charge in [-0.2, -0.15) is 5.10 Å². The molecule has 0 aliphatic carbocycles. The minimum Gasteiger partial charge on any atom is -0.366 e. The van der Waals surface area contributed by atoms with Crippen LogP contribution in [0.1, 0.15) is 25.7 Å². The molecule has 146 valence electrons. The third-order valence-corrected chi connectivity index (χ3v) is 6.84. The number of piperidine rings is 1. The number of benzene rings is 1. The normalized spacial score (nSPS) is 23.5. The van der Waals surface area contributed by atoms with Gasteiger partial charge in [-0.15, -0.1) is 21.5 Å². The number of hydrogen-bond donors (Lipinski definition) is 2. The zero-order chi connectivity index (χ0) is 19.2. The van der Waals surface area contributed by atoms with Crippen molar-refractivity contribution in [1.29, 1.82) is 0 Å². The second kappa shape index (κ2) is 6.89. The first-order valence-electron chi connectivity index (χ1n) is 10.1. The first-order chi connectivity index (χ1) is 14.3. The first-order valence-corrected chi connectivity index (χ1v) is 10.9. The van der Waals surface area contributed by atoms with Crippen LogP contribution in [-0.4, -0.2) is 43.1 Å². The van der Waals surface area contributed by atoms with Crippen molar-refractivity contribution in [2.24, 2.45) is 0 Å². The van der Waals surface area contributed by atoms with Crippen LogP contribution < -0.4 is 10.6 Å². The van der Waals surface area contributed by atoms with Crippen molar-refractivity contribution >= 4 is 27.4 Å². The van der Waals surface area contributed by atoms with Gasteiger partial charge in [0, 0.05) is 36.1 Å². The van der Waals surface area contributed by atoms with Gasteiger partial charge in [0.2, 0.25) is 0 Å².